The number of benzene rings is 2. The third kappa shape index (κ3) is 3.38. The number of nitrogens with zero attached hydrogens (tertiary/aromatic N) is 1. The number of ketones is 1. The second-order valence-electron chi connectivity index (χ2n) is 7.71. The molecule has 0 spiro atoms. The Labute approximate surface area is 177 Å². The summed E-state index contributed by atoms with van der Waals surface area (Å²) in [7, 11) is 3.22. The Morgan fingerprint density at radius 3 is 2.57 bits per heavy atom. The van der Waals surface area contributed by atoms with Crippen LogP contribution in [0, 0.1) is 0 Å². The number of anilines is 1. The van der Waals surface area contributed by atoms with Crippen LogP contribution in [0.4, 0.5) is 5.69 Å². The third-order valence-corrected chi connectivity index (χ3v) is 6.10. The molecule has 1 aliphatic heterocycles. The highest BCUT2D eigenvalue weighted by molar-refractivity contribution is 6.07. The molecule has 1 atom stereocenters. The number of Topliss-reactive ketones (excluding diaryl/α,β-unsaturated/α-hetero) is 1. The van der Waals surface area contributed by atoms with Gasteiger partial charge in [0, 0.05) is 35.6 Å². The van der Waals surface area contributed by atoms with E-state index in [1.807, 2.05) is 42.5 Å². The van der Waals surface area contributed by atoms with Gasteiger partial charge in [-0.05, 0) is 49.1 Å². The fourth-order valence-corrected chi connectivity index (χ4v) is 4.68. The van der Waals surface area contributed by atoms with E-state index in [9.17, 15) is 9.59 Å². The van der Waals surface area contributed by atoms with Gasteiger partial charge in [-0.1, -0.05) is 25.1 Å². The molecule has 2 aromatic carbocycles. The fourth-order valence-electron chi connectivity index (χ4n) is 4.68. The van der Waals surface area contributed by atoms with Crippen LogP contribution in [0.1, 0.15) is 49.7 Å². The van der Waals surface area contributed by atoms with E-state index in [0.717, 1.165) is 40.9 Å². The molecule has 0 bridgehead atoms. The Kier molecular flexibility index (Phi) is 5.62. The summed E-state index contributed by atoms with van der Waals surface area (Å²) in [6, 6.07) is 13.5. The molecule has 1 amide bonds. The van der Waals surface area contributed by atoms with Gasteiger partial charge >= 0.3 is 0 Å². The molecule has 30 heavy (non-hydrogen) atoms. The van der Waals surface area contributed by atoms with Gasteiger partial charge in [0.05, 0.1) is 19.9 Å². The maximum atomic E-state index is 13.5. The van der Waals surface area contributed by atoms with E-state index in [2.05, 4.69) is 6.92 Å². The van der Waals surface area contributed by atoms with Crippen LogP contribution in [-0.2, 0) is 16.0 Å². The number of methoxy groups -OCH3 is 2. The third-order valence-electron chi connectivity index (χ3n) is 6.10. The summed E-state index contributed by atoms with van der Waals surface area (Å²) in [5.41, 5.74) is 4.42. The first-order chi connectivity index (χ1) is 14.6. The van der Waals surface area contributed by atoms with Crippen molar-refractivity contribution in [1.29, 1.82) is 0 Å². The molecule has 0 saturated heterocycles. The van der Waals surface area contributed by atoms with Gasteiger partial charge in [-0.25, -0.2) is 0 Å². The Balaban J connectivity index is 1.91. The van der Waals surface area contributed by atoms with E-state index in [-0.39, 0.29) is 24.0 Å². The van der Waals surface area contributed by atoms with Crippen molar-refractivity contribution in [3.05, 3.63) is 64.9 Å². The van der Waals surface area contributed by atoms with Crippen LogP contribution in [0.5, 0.6) is 11.5 Å². The summed E-state index contributed by atoms with van der Waals surface area (Å²) < 4.78 is 11.0. The highest BCUT2D eigenvalue weighted by Gasteiger charge is 2.41. The van der Waals surface area contributed by atoms with Crippen molar-refractivity contribution in [2.45, 2.75) is 44.9 Å². The van der Waals surface area contributed by atoms with Crippen molar-refractivity contribution < 1.29 is 19.1 Å². The average molecular weight is 405 g/mol. The topological polar surface area (TPSA) is 55.8 Å². The monoisotopic (exact) mass is 405 g/mol. The van der Waals surface area contributed by atoms with Crippen molar-refractivity contribution in [1.82, 2.24) is 0 Å². The van der Waals surface area contributed by atoms with Crippen LogP contribution >= 0.6 is 0 Å². The molecule has 5 nitrogen and oxygen atoms in total. The molecule has 0 aromatic heterocycles. The summed E-state index contributed by atoms with van der Waals surface area (Å²) >= 11 is 0. The maximum Gasteiger partial charge on any atom is 0.232 e. The van der Waals surface area contributed by atoms with Crippen molar-refractivity contribution in [2.24, 2.45) is 0 Å². The molecule has 0 radical (unpaired) electrons. The molecule has 0 N–H and O–H groups in total. The molecule has 1 unspecified atom stereocenters. The Morgan fingerprint density at radius 1 is 1.03 bits per heavy atom. The SMILES string of the molecule is CCc1ccccc1N1C(=O)CC(c2cc(OC)ccc2OC)C2=C1CCCC2=O. The summed E-state index contributed by atoms with van der Waals surface area (Å²) in [4.78, 5) is 28.4. The summed E-state index contributed by atoms with van der Waals surface area (Å²) in [5, 5.41) is 0. The number of hydrogen-bond acceptors (Lipinski definition) is 4. The molecule has 0 fully saturated rings. The maximum absolute atomic E-state index is 13.5. The van der Waals surface area contributed by atoms with E-state index in [1.165, 1.54) is 0 Å². The first-order valence-corrected chi connectivity index (χ1v) is 10.5. The molecule has 156 valence electrons. The van der Waals surface area contributed by atoms with Gasteiger partial charge in [0.25, 0.3) is 0 Å². The average Bonchev–Trinajstić information content (AvgIpc) is 2.78. The fraction of sp³-hybridized carbons (Fsp3) is 0.360. The zero-order chi connectivity index (χ0) is 21.3. The van der Waals surface area contributed by atoms with Gasteiger partial charge in [0.2, 0.25) is 5.91 Å². The number of ether oxygens (including phenoxy) is 2. The highest BCUT2D eigenvalue weighted by atomic mass is 16.5. The quantitative estimate of drug-likeness (QED) is 0.717. The van der Waals surface area contributed by atoms with E-state index >= 15 is 0 Å². The number of carbonyl (C=O) groups excluding carboxylic acids is 2. The van der Waals surface area contributed by atoms with Crippen LogP contribution < -0.4 is 14.4 Å². The van der Waals surface area contributed by atoms with Gasteiger partial charge in [-0.2, -0.15) is 0 Å². The van der Waals surface area contributed by atoms with Crippen molar-refractivity contribution in [3.63, 3.8) is 0 Å². The van der Waals surface area contributed by atoms with E-state index < -0.39 is 0 Å². The van der Waals surface area contributed by atoms with E-state index in [4.69, 9.17) is 9.47 Å². The number of aryl methyl sites for hydroxylation is 1. The molecule has 1 heterocycles. The lowest BCUT2D eigenvalue weighted by molar-refractivity contribution is -0.119. The van der Waals surface area contributed by atoms with Crippen LogP contribution in [0.2, 0.25) is 0 Å². The Morgan fingerprint density at radius 2 is 1.83 bits per heavy atom. The molecule has 2 aromatic rings. The van der Waals surface area contributed by atoms with Gasteiger partial charge in [0.15, 0.2) is 5.78 Å². The van der Waals surface area contributed by atoms with Gasteiger partial charge in [-0.3, -0.25) is 14.5 Å². The van der Waals surface area contributed by atoms with Gasteiger partial charge < -0.3 is 9.47 Å². The van der Waals surface area contributed by atoms with Crippen LogP contribution in [0.15, 0.2) is 53.7 Å². The minimum Gasteiger partial charge on any atom is -0.497 e. The normalized spacial score (nSPS) is 19.0. The van der Waals surface area contributed by atoms with Crippen molar-refractivity contribution >= 4 is 17.4 Å². The second-order valence-corrected chi connectivity index (χ2v) is 7.71. The van der Waals surface area contributed by atoms with Crippen LogP contribution in [0.25, 0.3) is 0 Å². The molecule has 5 heteroatoms. The van der Waals surface area contributed by atoms with E-state index in [0.29, 0.717) is 24.3 Å². The van der Waals surface area contributed by atoms with Crippen molar-refractivity contribution in [2.75, 3.05) is 19.1 Å². The molecular weight excluding hydrogens is 378 g/mol. The lowest BCUT2D eigenvalue weighted by Gasteiger charge is -2.39. The second kappa shape index (κ2) is 8.34. The summed E-state index contributed by atoms with van der Waals surface area (Å²) in [6.45, 7) is 2.08. The molecule has 2 aliphatic rings. The van der Waals surface area contributed by atoms with Crippen LogP contribution in [0.3, 0.4) is 0 Å². The number of hydrogen-bond donors (Lipinski definition) is 0. The standard InChI is InChI=1S/C25H27NO4/c1-4-16-8-5-6-9-20(16)26-21-10-7-11-22(27)25(21)19(15-24(26)28)18-14-17(29-2)12-13-23(18)30-3/h5-6,8-9,12-14,19H,4,7,10-11,15H2,1-3H3. The first kappa shape index (κ1) is 20.2. The zero-order valence-corrected chi connectivity index (χ0v) is 17.7. The van der Waals surface area contributed by atoms with Crippen LogP contribution in [-0.4, -0.2) is 25.9 Å². The van der Waals surface area contributed by atoms with Crippen molar-refractivity contribution in [3.8, 4) is 11.5 Å². The predicted octanol–water partition coefficient (Wildman–Crippen LogP) is 4.79. The molecule has 0 saturated carbocycles. The minimum absolute atomic E-state index is 0.0132. The van der Waals surface area contributed by atoms with Gasteiger partial charge in [0.1, 0.15) is 11.5 Å². The smallest absolute Gasteiger partial charge is 0.232 e. The molecule has 1 aliphatic carbocycles. The lowest BCUT2D eigenvalue weighted by Crippen LogP contribution is -2.41. The number of para-hydroxylation sites is 1. The first-order valence-electron chi connectivity index (χ1n) is 10.5. The number of rotatable bonds is 5. The lowest BCUT2D eigenvalue weighted by atomic mass is 9.76. The molecular formula is C25H27NO4. The summed E-state index contributed by atoms with van der Waals surface area (Å²) in [5.74, 6) is 1.16. The minimum atomic E-state index is -0.324. The highest BCUT2D eigenvalue weighted by Crippen LogP contribution is 2.46. The molecule has 4 rings (SSSR count). The Bertz CT molecular complexity index is 1020. The summed E-state index contributed by atoms with van der Waals surface area (Å²) in [6.07, 6.45) is 3.04. The number of allylic oxidation sites excluding steroid dienone is 2. The van der Waals surface area contributed by atoms with E-state index in [1.54, 1.807) is 19.1 Å². The van der Waals surface area contributed by atoms with Gasteiger partial charge in [-0.15, -0.1) is 0 Å². The number of carbonyl (C=O) groups is 2. The number of amides is 1. The Hall–Kier alpha value is -3.08. The zero-order valence-electron chi connectivity index (χ0n) is 17.7. The largest absolute Gasteiger partial charge is 0.497 e. The predicted molar refractivity (Wildman–Crippen MR) is 116 cm³/mol.